The van der Waals surface area contributed by atoms with E-state index in [0.29, 0.717) is 11.6 Å². The van der Waals surface area contributed by atoms with Crippen LogP contribution in [0.1, 0.15) is 24.3 Å². The SMILES string of the molecule is O=C(CCCCc1nc2ccccc2s1)Nc1nc(-c2cccnc2)cs1. The Kier molecular flexibility index (Phi) is 5.50. The van der Waals surface area contributed by atoms with Crippen molar-refractivity contribution in [2.75, 3.05) is 5.32 Å². The summed E-state index contributed by atoms with van der Waals surface area (Å²) in [5.41, 5.74) is 2.84. The summed E-state index contributed by atoms with van der Waals surface area (Å²) >= 11 is 3.17. The number of hydrogen-bond acceptors (Lipinski definition) is 6. The van der Waals surface area contributed by atoms with Gasteiger partial charge in [-0.25, -0.2) is 9.97 Å². The Hall–Kier alpha value is -2.64. The maximum atomic E-state index is 12.1. The van der Waals surface area contributed by atoms with E-state index in [2.05, 4.69) is 26.3 Å². The van der Waals surface area contributed by atoms with Gasteiger partial charge in [-0.1, -0.05) is 12.1 Å². The Morgan fingerprint density at radius 1 is 1.07 bits per heavy atom. The van der Waals surface area contributed by atoms with Gasteiger partial charge in [-0.15, -0.1) is 22.7 Å². The van der Waals surface area contributed by atoms with E-state index in [1.807, 2.05) is 35.7 Å². The van der Waals surface area contributed by atoms with E-state index in [-0.39, 0.29) is 5.91 Å². The fourth-order valence-corrected chi connectivity index (χ4v) is 4.49. The maximum absolute atomic E-state index is 12.1. The third-order valence-electron chi connectivity index (χ3n) is 4.09. The highest BCUT2D eigenvalue weighted by Crippen LogP contribution is 2.25. The summed E-state index contributed by atoms with van der Waals surface area (Å²) in [5, 5.41) is 6.58. The van der Waals surface area contributed by atoms with E-state index in [0.717, 1.165) is 41.0 Å². The summed E-state index contributed by atoms with van der Waals surface area (Å²) in [5.74, 6) is 0.00591. The highest BCUT2D eigenvalue weighted by molar-refractivity contribution is 7.18. The van der Waals surface area contributed by atoms with Crippen LogP contribution in [0.3, 0.4) is 0 Å². The molecule has 5 nitrogen and oxygen atoms in total. The molecule has 136 valence electrons. The van der Waals surface area contributed by atoms with Crippen LogP contribution < -0.4 is 5.32 Å². The van der Waals surface area contributed by atoms with Gasteiger partial charge in [-0.2, -0.15) is 0 Å². The number of amides is 1. The van der Waals surface area contributed by atoms with Crippen molar-refractivity contribution in [3.8, 4) is 11.3 Å². The lowest BCUT2D eigenvalue weighted by Crippen LogP contribution is -2.10. The summed E-state index contributed by atoms with van der Waals surface area (Å²) in [6.07, 6.45) is 6.69. The molecule has 1 N–H and O–H groups in total. The van der Waals surface area contributed by atoms with Crippen LogP contribution in [0.5, 0.6) is 0 Å². The van der Waals surface area contributed by atoms with Crippen molar-refractivity contribution < 1.29 is 4.79 Å². The largest absolute Gasteiger partial charge is 0.302 e. The zero-order valence-corrected chi connectivity index (χ0v) is 16.2. The van der Waals surface area contributed by atoms with Crippen molar-refractivity contribution >= 4 is 43.9 Å². The molecule has 0 unspecified atom stereocenters. The normalized spacial score (nSPS) is 11.0. The average molecular weight is 395 g/mol. The molecule has 0 fully saturated rings. The molecule has 7 heteroatoms. The highest BCUT2D eigenvalue weighted by atomic mass is 32.1. The zero-order chi connectivity index (χ0) is 18.5. The molecule has 0 bridgehead atoms. The average Bonchev–Trinajstić information content (AvgIpc) is 3.32. The van der Waals surface area contributed by atoms with Crippen LogP contribution in [0.4, 0.5) is 5.13 Å². The fraction of sp³-hybridized carbons (Fsp3) is 0.200. The number of rotatable bonds is 7. The molecule has 0 aliphatic heterocycles. The minimum Gasteiger partial charge on any atom is -0.302 e. The third-order valence-corrected chi connectivity index (χ3v) is 5.94. The molecule has 0 saturated carbocycles. The Labute approximate surface area is 165 Å². The van der Waals surface area contributed by atoms with Gasteiger partial charge in [0.15, 0.2) is 5.13 Å². The molecular weight excluding hydrogens is 376 g/mol. The number of pyridine rings is 1. The monoisotopic (exact) mass is 394 g/mol. The fourth-order valence-electron chi connectivity index (χ4n) is 2.75. The van der Waals surface area contributed by atoms with Gasteiger partial charge in [0.05, 0.1) is 20.9 Å². The Morgan fingerprint density at radius 3 is 2.85 bits per heavy atom. The number of aryl methyl sites for hydroxylation is 1. The first-order valence-electron chi connectivity index (χ1n) is 8.78. The summed E-state index contributed by atoms with van der Waals surface area (Å²) in [7, 11) is 0. The molecule has 0 aliphatic carbocycles. The van der Waals surface area contributed by atoms with Gasteiger partial charge >= 0.3 is 0 Å². The number of aromatic nitrogens is 3. The zero-order valence-electron chi connectivity index (χ0n) is 14.6. The molecular formula is C20H18N4OS2. The first kappa shape index (κ1) is 17.8. The number of hydrogen-bond donors (Lipinski definition) is 1. The van der Waals surface area contributed by atoms with Gasteiger partial charge in [-0.05, 0) is 43.5 Å². The number of anilines is 1. The van der Waals surface area contributed by atoms with Crippen molar-refractivity contribution in [3.05, 3.63) is 59.2 Å². The van der Waals surface area contributed by atoms with Gasteiger partial charge in [0.2, 0.25) is 5.91 Å². The second-order valence-corrected chi connectivity index (χ2v) is 8.08. The van der Waals surface area contributed by atoms with Crippen LogP contribution in [0.15, 0.2) is 54.2 Å². The molecule has 1 amide bonds. The van der Waals surface area contributed by atoms with Gasteiger partial charge in [-0.3, -0.25) is 9.78 Å². The number of unbranched alkanes of at least 4 members (excludes halogenated alkanes) is 1. The molecule has 3 heterocycles. The van der Waals surface area contributed by atoms with Crippen LogP contribution in [-0.4, -0.2) is 20.9 Å². The van der Waals surface area contributed by atoms with E-state index in [1.165, 1.54) is 16.0 Å². The van der Waals surface area contributed by atoms with Gasteiger partial charge in [0.25, 0.3) is 0 Å². The lowest BCUT2D eigenvalue weighted by Gasteiger charge is -2.01. The van der Waals surface area contributed by atoms with Crippen molar-refractivity contribution in [2.45, 2.75) is 25.7 Å². The van der Waals surface area contributed by atoms with Crippen molar-refractivity contribution in [2.24, 2.45) is 0 Å². The van der Waals surface area contributed by atoms with Crippen molar-refractivity contribution in [1.29, 1.82) is 0 Å². The summed E-state index contributed by atoms with van der Waals surface area (Å²) in [6.45, 7) is 0. The predicted molar refractivity (Wildman–Crippen MR) is 111 cm³/mol. The van der Waals surface area contributed by atoms with Gasteiger partial charge in [0.1, 0.15) is 0 Å². The first-order valence-corrected chi connectivity index (χ1v) is 10.5. The molecule has 0 radical (unpaired) electrons. The number of nitrogens with one attached hydrogen (secondary N) is 1. The molecule has 4 rings (SSSR count). The molecule has 27 heavy (non-hydrogen) atoms. The molecule has 4 aromatic rings. The Morgan fingerprint density at radius 2 is 2.00 bits per heavy atom. The van der Waals surface area contributed by atoms with Crippen LogP contribution in [0, 0.1) is 0 Å². The van der Waals surface area contributed by atoms with Crippen LogP contribution >= 0.6 is 22.7 Å². The third kappa shape index (κ3) is 4.56. The molecule has 0 atom stereocenters. The summed E-state index contributed by atoms with van der Waals surface area (Å²) in [6, 6.07) is 12.0. The quantitative estimate of drug-likeness (QED) is 0.439. The standard InChI is InChI=1S/C20H18N4OS2/c25-18(24-20-23-16(13-26-20)14-6-5-11-21-12-14)9-3-4-10-19-22-15-7-1-2-8-17(15)27-19/h1-2,5-8,11-13H,3-4,9-10H2,(H,23,24,25). The predicted octanol–water partition coefficient (Wildman–Crippen LogP) is 5.17. The molecule has 1 aromatic carbocycles. The molecule has 0 spiro atoms. The summed E-state index contributed by atoms with van der Waals surface area (Å²) in [4.78, 5) is 25.3. The lowest BCUT2D eigenvalue weighted by atomic mass is 10.2. The smallest absolute Gasteiger partial charge is 0.226 e. The van der Waals surface area contributed by atoms with E-state index in [1.54, 1.807) is 23.7 Å². The summed E-state index contributed by atoms with van der Waals surface area (Å²) < 4.78 is 1.22. The number of carbonyl (C=O) groups is 1. The van der Waals surface area contributed by atoms with E-state index >= 15 is 0 Å². The first-order chi connectivity index (χ1) is 13.3. The molecule has 3 aromatic heterocycles. The van der Waals surface area contributed by atoms with E-state index in [9.17, 15) is 4.79 Å². The van der Waals surface area contributed by atoms with E-state index < -0.39 is 0 Å². The molecule has 0 saturated heterocycles. The number of para-hydroxylation sites is 1. The van der Waals surface area contributed by atoms with Crippen LogP contribution in [0.2, 0.25) is 0 Å². The van der Waals surface area contributed by atoms with Crippen molar-refractivity contribution in [1.82, 2.24) is 15.0 Å². The Balaban J connectivity index is 1.23. The highest BCUT2D eigenvalue weighted by Gasteiger charge is 2.09. The maximum Gasteiger partial charge on any atom is 0.226 e. The Bertz CT molecular complexity index is 1010. The number of benzene rings is 1. The second kappa shape index (κ2) is 8.37. The lowest BCUT2D eigenvalue weighted by molar-refractivity contribution is -0.116. The number of nitrogens with zero attached hydrogens (tertiary/aromatic N) is 3. The van der Waals surface area contributed by atoms with Crippen LogP contribution in [0.25, 0.3) is 21.5 Å². The minimum atomic E-state index is 0.00591. The van der Waals surface area contributed by atoms with Gasteiger partial charge in [0, 0.05) is 29.8 Å². The second-order valence-electron chi connectivity index (χ2n) is 6.11. The molecule has 0 aliphatic rings. The minimum absolute atomic E-state index is 0.00591. The number of carbonyl (C=O) groups excluding carboxylic acids is 1. The number of thiazole rings is 2. The van der Waals surface area contributed by atoms with Gasteiger partial charge < -0.3 is 5.32 Å². The number of fused-ring (bicyclic) bond motifs is 1. The topological polar surface area (TPSA) is 67.8 Å². The van der Waals surface area contributed by atoms with Crippen molar-refractivity contribution in [3.63, 3.8) is 0 Å². The van der Waals surface area contributed by atoms with Crippen LogP contribution in [-0.2, 0) is 11.2 Å². The van der Waals surface area contributed by atoms with E-state index in [4.69, 9.17) is 0 Å².